The fraction of sp³-hybridized carbons (Fsp3) is 0.355. The molecule has 0 spiro atoms. The minimum atomic E-state index is -0.169. The number of carbonyl (C=O) groups excluding carboxylic acids is 2. The van der Waals surface area contributed by atoms with Crippen molar-refractivity contribution in [2.45, 2.75) is 31.8 Å². The highest BCUT2D eigenvalue weighted by Crippen LogP contribution is 2.45. The Morgan fingerprint density at radius 1 is 0.946 bits per heavy atom. The number of ether oxygens (including phenoxy) is 1. The zero-order chi connectivity index (χ0) is 25.8. The van der Waals surface area contributed by atoms with E-state index < -0.39 is 0 Å². The number of aryl methyl sites for hydroxylation is 1. The second-order valence-corrected chi connectivity index (χ2v) is 10.3. The monoisotopic (exact) mass is 497 g/mol. The Hall–Kier alpha value is -3.64. The maximum atomic E-state index is 13.0. The molecule has 5 rings (SSSR count). The maximum Gasteiger partial charge on any atom is 0.239 e. The van der Waals surface area contributed by atoms with Gasteiger partial charge in [0, 0.05) is 43.6 Å². The Bertz CT molecular complexity index is 1220. The predicted octanol–water partition coefficient (Wildman–Crippen LogP) is 3.89. The van der Waals surface area contributed by atoms with Crippen LogP contribution in [0.2, 0.25) is 0 Å². The Kier molecular flexibility index (Phi) is 7.56. The first-order valence-corrected chi connectivity index (χ1v) is 13.0. The van der Waals surface area contributed by atoms with Crippen LogP contribution >= 0.6 is 0 Å². The number of nitrogens with zero attached hydrogens (tertiary/aromatic N) is 1. The smallest absolute Gasteiger partial charge is 0.239 e. The number of hydrogen-bond acceptors (Lipinski definition) is 4. The lowest BCUT2D eigenvalue weighted by Gasteiger charge is -2.21. The summed E-state index contributed by atoms with van der Waals surface area (Å²) in [5.74, 6) is 1.34. The molecule has 6 heteroatoms. The van der Waals surface area contributed by atoms with Gasteiger partial charge in [-0.15, -0.1) is 0 Å². The van der Waals surface area contributed by atoms with Gasteiger partial charge >= 0.3 is 0 Å². The topological polar surface area (TPSA) is 70.7 Å². The van der Waals surface area contributed by atoms with E-state index in [1.54, 1.807) is 7.11 Å². The summed E-state index contributed by atoms with van der Waals surface area (Å²) in [5, 5.41) is 5.98. The highest BCUT2D eigenvalue weighted by Gasteiger charge is 2.56. The third-order valence-electron chi connectivity index (χ3n) is 7.64. The van der Waals surface area contributed by atoms with Crippen LogP contribution in [0.1, 0.15) is 34.6 Å². The van der Waals surface area contributed by atoms with E-state index in [-0.39, 0.29) is 36.7 Å². The summed E-state index contributed by atoms with van der Waals surface area (Å²) in [6.07, 6.45) is 0.236. The molecule has 1 saturated heterocycles. The molecule has 6 nitrogen and oxygen atoms in total. The number of carbonyl (C=O) groups is 2. The van der Waals surface area contributed by atoms with Crippen molar-refractivity contribution >= 4 is 11.8 Å². The number of piperidine rings is 1. The van der Waals surface area contributed by atoms with Crippen molar-refractivity contribution in [3.63, 3.8) is 0 Å². The van der Waals surface area contributed by atoms with Crippen molar-refractivity contribution < 1.29 is 14.3 Å². The van der Waals surface area contributed by atoms with Gasteiger partial charge in [-0.3, -0.25) is 14.5 Å². The quantitative estimate of drug-likeness (QED) is 0.446. The number of methoxy groups -OCH3 is 1. The molecule has 3 aromatic rings. The van der Waals surface area contributed by atoms with E-state index in [0.29, 0.717) is 11.8 Å². The van der Waals surface area contributed by atoms with Gasteiger partial charge in [0.1, 0.15) is 5.75 Å². The van der Waals surface area contributed by atoms with Crippen LogP contribution in [-0.2, 0) is 16.1 Å². The Balaban J connectivity index is 1.12. The molecule has 1 saturated carbocycles. The summed E-state index contributed by atoms with van der Waals surface area (Å²) in [6.45, 7) is 5.00. The molecule has 2 fully saturated rings. The molecule has 37 heavy (non-hydrogen) atoms. The van der Waals surface area contributed by atoms with E-state index in [1.807, 2.05) is 55.5 Å². The number of likely N-dealkylation sites (tertiary alicyclic amines) is 1. The van der Waals surface area contributed by atoms with Gasteiger partial charge in [0.05, 0.1) is 13.7 Å². The first-order valence-electron chi connectivity index (χ1n) is 13.0. The maximum absolute atomic E-state index is 13.0. The van der Waals surface area contributed by atoms with E-state index in [1.165, 1.54) is 5.56 Å². The van der Waals surface area contributed by atoms with Gasteiger partial charge in [-0.25, -0.2) is 0 Å². The molecule has 3 atom stereocenters. The SMILES string of the molecule is COc1ccc(C)cc1C(CC(=O)NCC(=O)NC1C2CN(Cc3ccccc3)CC21)c1ccccc1. The number of benzene rings is 3. The van der Waals surface area contributed by atoms with E-state index in [4.69, 9.17) is 4.74 Å². The van der Waals surface area contributed by atoms with E-state index in [9.17, 15) is 9.59 Å². The Labute approximate surface area is 219 Å². The van der Waals surface area contributed by atoms with Crippen LogP contribution in [0.5, 0.6) is 5.75 Å². The molecule has 0 radical (unpaired) electrons. The van der Waals surface area contributed by atoms with Crippen molar-refractivity contribution in [2.75, 3.05) is 26.7 Å². The van der Waals surface area contributed by atoms with Crippen LogP contribution in [0.3, 0.4) is 0 Å². The molecule has 1 aliphatic heterocycles. The van der Waals surface area contributed by atoms with Crippen molar-refractivity contribution in [1.82, 2.24) is 15.5 Å². The summed E-state index contributed by atoms with van der Waals surface area (Å²) in [6, 6.07) is 26.7. The van der Waals surface area contributed by atoms with Crippen LogP contribution in [0.15, 0.2) is 78.9 Å². The van der Waals surface area contributed by atoms with Gasteiger partial charge in [-0.2, -0.15) is 0 Å². The Morgan fingerprint density at radius 2 is 1.62 bits per heavy atom. The van der Waals surface area contributed by atoms with E-state index in [2.05, 4.69) is 45.9 Å². The van der Waals surface area contributed by atoms with Crippen LogP contribution in [0.25, 0.3) is 0 Å². The molecule has 1 aliphatic carbocycles. The second-order valence-electron chi connectivity index (χ2n) is 10.3. The molecular formula is C31H35N3O3. The number of rotatable bonds is 10. The molecule has 192 valence electrons. The third-order valence-corrected chi connectivity index (χ3v) is 7.64. The molecule has 3 aromatic carbocycles. The minimum Gasteiger partial charge on any atom is -0.496 e. The second kappa shape index (κ2) is 11.2. The van der Waals surface area contributed by atoms with Crippen molar-refractivity contribution in [3.05, 3.63) is 101 Å². The molecule has 1 heterocycles. The fourth-order valence-electron chi connectivity index (χ4n) is 5.69. The first-order chi connectivity index (χ1) is 18.0. The lowest BCUT2D eigenvalue weighted by atomic mass is 9.87. The highest BCUT2D eigenvalue weighted by atomic mass is 16.5. The largest absolute Gasteiger partial charge is 0.496 e. The zero-order valence-corrected chi connectivity index (χ0v) is 21.5. The standard InChI is InChI=1S/C31H35N3O3/c1-21-13-14-28(37-2)25(15-21)24(23-11-7-4-8-12-23)16-29(35)32-17-30(36)33-31-26-19-34(20-27(26)31)18-22-9-5-3-6-10-22/h3-15,24,26-27,31H,16-20H2,1-2H3,(H,32,35)(H,33,36). The number of fused-ring (bicyclic) bond motifs is 1. The van der Waals surface area contributed by atoms with E-state index >= 15 is 0 Å². The summed E-state index contributed by atoms with van der Waals surface area (Å²) in [4.78, 5) is 28.0. The normalized spacial score (nSPS) is 21.1. The van der Waals surface area contributed by atoms with Crippen LogP contribution in [0.4, 0.5) is 0 Å². The molecule has 2 N–H and O–H groups in total. The Morgan fingerprint density at radius 3 is 2.30 bits per heavy atom. The van der Waals surface area contributed by atoms with Crippen LogP contribution in [-0.4, -0.2) is 49.5 Å². The summed E-state index contributed by atoms with van der Waals surface area (Å²) in [7, 11) is 1.65. The average molecular weight is 498 g/mol. The average Bonchev–Trinajstić information content (AvgIpc) is 3.34. The summed E-state index contributed by atoms with van der Waals surface area (Å²) < 4.78 is 5.61. The van der Waals surface area contributed by atoms with Gasteiger partial charge in [0.2, 0.25) is 11.8 Å². The van der Waals surface area contributed by atoms with Crippen LogP contribution in [0, 0.1) is 18.8 Å². The molecule has 2 aliphatic rings. The summed E-state index contributed by atoms with van der Waals surface area (Å²) >= 11 is 0. The van der Waals surface area contributed by atoms with Gasteiger partial charge in [0.25, 0.3) is 0 Å². The molecule has 0 bridgehead atoms. The van der Waals surface area contributed by atoms with Crippen molar-refractivity contribution in [2.24, 2.45) is 11.8 Å². The number of hydrogen-bond donors (Lipinski definition) is 2. The number of nitrogens with one attached hydrogen (secondary N) is 2. The lowest BCUT2D eigenvalue weighted by Crippen LogP contribution is -2.41. The van der Waals surface area contributed by atoms with Gasteiger partial charge in [-0.05, 0) is 36.0 Å². The lowest BCUT2D eigenvalue weighted by molar-refractivity contribution is -0.126. The minimum absolute atomic E-state index is 0.00500. The zero-order valence-electron chi connectivity index (χ0n) is 21.5. The predicted molar refractivity (Wildman–Crippen MR) is 144 cm³/mol. The van der Waals surface area contributed by atoms with Gasteiger partial charge < -0.3 is 15.4 Å². The molecular weight excluding hydrogens is 462 g/mol. The van der Waals surface area contributed by atoms with Crippen molar-refractivity contribution in [3.8, 4) is 5.75 Å². The van der Waals surface area contributed by atoms with Gasteiger partial charge in [-0.1, -0.05) is 78.4 Å². The van der Waals surface area contributed by atoms with Gasteiger partial charge in [0.15, 0.2) is 0 Å². The van der Waals surface area contributed by atoms with Crippen molar-refractivity contribution in [1.29, 1.82) is 0 Å². The summed E-state index contributed by atoms with van der Waals surface area (Å²) in [5.41, 5.74) is 4.44. The third kappa shape index (κ3) is 6.03. The highest BCUT2D eigenvalue weighted by molar-refractivity contribution is 5.85. The molecule has 0 aromatic heterocycles. The molecule has 2 amide bonds. The number of amides is 2. The first kappa shape index (κ1) is 25.0. The van der Waals surface area contributed by atoms with E-state index in [0.717, 1.165) is 42.1 Å². The van der Waals surface area contributed by atoms with Crippen LogP contribution < -0.4 is 15.4 Å². The molecule has 3 unspecified atom stereocenters. The fourth-order valence-corrected chi connectivity index (χ4v) is 5.69.